The van der Waals surface area contributed by atoms with Crippen LogP contribution in [-0.4, -0.2) is 12.0 Å². The Balaban J connectivity index is 1.63. The maximum atomic E-state index is 12.5. The highest BCUT2D eigenvalue weighted by Gasteiger charge is 2.20. The topological polar surface area (TPSA) is 38.3 Å². The number of ether oxygens (including phenoxy) is 1. The minimum atomic E-state index is -0.524. The number of rotatable bonds is 6. The summed E-state index contributed by atoms with van der Waals surface area (Å²) in [5, 5.41) is 3.08. The lowest BCUT2D eigenvalue weighted by molar-refractivity contribution is -0.127. The Bertz CT molecular complexity index is 753. The number of benzene rings is 2. The van der Waals surface area contributed by atoms with E-state index >= 15 is 0 Å². The molecule has 0 unspecified atom stereocenters. The molecule has 3 nitrogen and oxygen atoms in total. The molecule has 0 bridgehead atoms. The first-order valence-electron chi connectivity index (χ1n) is 9.25. The number of aryl methyl sites for hydroxylation is 3. The number of para-hydroxylation sites is 1. The predicted molar refractivity (Wildman–Crippen MR) is 101 cm³/mol. The lowest BCUT2D eigenvalue weighted by atomic mass is 10.0. The summed E-state index contributed by atoms with van der Waals surface area (Å²) in [7, 11) is 0. The van der Waals surface area contributed by atoms with Crippen molar-refractivity contribution in [3.8, 4) is 5.75 Å². The van der Waals surface area contributed by atoms with E-state index in [-0.39, 0.29) is 11.9 Å². The number of nitrogens with one attached hydrogen (secondary N) is 1. The molecule has 0 spiro atoms. The van der Waals surface area contributed by atoms with Gasteiger partial charge in [-0.15, -0.1) is 0 Å². The smallest absolute Gasteiger partial charge is 0.261 e. The van der Waals surface area contributed by atoms with E-state index in [1.165, 1.54) is 24.0 Å². The quantitative estimate of drug-likeness (QED) is 0.849. The Morgan fingerprint density at radius 1 is 1.12 bits per heavy atom. The van der Waals surface area contributed by atoms with Crippen molar-refractivity contribution in [2.75, 3.05) is 0 Å². The Hall–Kier alpha value is -2.29. The Labute approximate surface area is 150 Å². The fraction of sp³-hybridized carbons (Fsp3) is 0.409. The third kappa shape index (κ3) is 4.04. The first-order valence-corrected chi connectivity index (χ1v) is 9.25. The van der Waals surface area contributed by atoms with Gasteiger partial charge in [0.05, 0.1) is 6.04 Å². The maximum Gasteiger partial charge on any atom is 0.261 e. The zero-order valence-electron chi connectivity index (χ0n) is 15.3. The zero-order chi connectivity index (χ0) is 17.8. The molecule has 0 saturated heterocycles. The fourth-order valence-corrected chi connectivity index (χ4v) is 3.43. The second kappa shape index (κ2) is 7.73. The number of carbonyl (C=O) groups excluding carboxylic acids is 1. The summed E-state index contributed by atoms with van der Waals surface area (Å²) >= 11 is 0. The number of hydrogen-bond acceptors (Lipinski definition) is 2. The molecule has 132 valence electrons. The van der Waals surface area contributed by atoms with Gasteiger partial charge in [-0.1, -0.05) is 43.3 Å². The molecule has 0 saturated carbocycles. The second-order valence-electron chi connectivity index (χ2n) is 6.83. The number of fused-ring (bicyclic) bond motifs is 1. The van der Waals surface area contributed by atoms with Gasteiger partial charge < -0.3 is 10.1 Å². The van der Waals surface area contributed by atoms with E-state index in [9.17, 15) is 4.79 Å². The Kier molecular flexibility index (Phi) is 5.42. The molecule has 0 aromatic heterocycles. The predicted octanol–water partition coefficient (Wildman–Crippen LogP) is 4.38. The van der Waals surface area contributed by atoms with Gasteiger partial charge in [0.25, 0.3) is 5.91 Å². The SMILES string of the molecule is CCc1ccccc1O[C@H](C)C(=O)N[C@H](C)c1ccc2c(c1)CCC2. The van der Waals surface area contributed by atoms with Crippen molar-refractivity contribution >= 4 is 5.91 Å². The first kappa shape index (κ1) is 17.5. The molecule has 0 fully saturated rings. The molecule has 2 atom stereocenters. The summed E-state index contributed by atoms with van der Waals surface area (Å²) in [5.41, 5.74) is 5.17. The van der Waals surface area contributed by atoms with Gasteiger partial charge in [0.2, 0.25) is 0 Å². The van der Waals surface area contributed by atoms with E-state index in [0.29, 0.717) is 0 Å². The normalized spacial score (nSPS) is 15.3. The average molecular weight is 337 g/mol. The zero-order valence-corrected chi connectivity index (χ0v) is 15.3. The summed E-state index contributed by atoms with van der Waals surface area (Å²) in [6, 6.07) is 14.4. The lowest BCUT2D eigenvalue weighted by Gasteiger charge is -2.20. The van der Waals surface area contributed by atoms with Crippen LogP contribution in [0.4, 0.5) is 0 Å². The van der Waals surface area contributed by atoms with Crippen molar-refractivity contribution < 1.29 is 9.53 Å². The van der Waals surface area contributed by atoms with Gasteiger partial charge in [0.1, 0.15) is 5.75 Å². The molecule has 0 heterocycles. The summed E-state index contributed by atoms with van der Waals surface area (Å²) in [6.07, 6.45) is 3.93. The number of hydrogen-bond donors (Lipinski definition) is 1. The Morgan fingerprint density at radius 3 is 2.68 bits per heavy atom. The van der Waals surface area contributed by atoms with Gasteiger partial charge in [-0.25, -0.2) is 0 Å². The minimum absolute atomic E-state index is 0.0223. The molecule has 0 aliphatic heterocycles. The van der Waals surface area contributed by atoms with Crippen LogP contribution in [0.2, 0.25) is 0 Å². The maximum absolute atomic E-state index is 12.5. The molecule has 2 aromatic rings. The minimum Gasteiger partial charge on any atom is -0.481 e. The lowest BCUT2D eigenvalue weighted by Crippen LogP contribution is -2.37. The Morgan fingerprint density at radius 2 is 1.88 bits per heavy atom. The van der Waals surface area contributed by atoms with Crippen LogP contribution in [0.15, 0.2) is 42.5 Å². The van der Waals surface area contributed by atoms with Gasteiger partial charge in [-0.3, -0.25) is 4.79 Å². The molecule has 1 aliphatic rings. The van der Waals surface area contributed by atoms with Crippen LogP contribution in [0.25, 0.3) is 0 Å². The summed E-state index contributed by atoms with van der Waals surface area (Å²) in [5.74, 6) is 0.705. The number of amides is 1. The van der Waals surface area contributed by atoms with E-state index in [1.807, 2.05) is 31.2 Å². The second-order valence-corrected chi connectivity index (χ2v) is 6.83. The van der Waals surface area contributed by atoms with E-state index in [0.717, 1.165) is 29.7 Å². The fourth-order valence-electron chi connectivity index (χ4n) is 3.43. The standard InChI is InChI=1S/C22H27NO2/c1-4-17-8-5-6-11-21(17)25-16(3)22(24)23-15(2)19-13-12-18-9-7-10-20(18)14-19/h5-6,8,11-16H,4,7,9-10H2,1-3H3,(H,23,24)/t15-,16-/m1/s1. The van der Waals surface area contributed by atoms with E-state index in [4.69, 9.17) is 4.74 Å². The molecule has 3 rings (SSSR count). The third-order valence-electron chi connectivity index (χ3n) is 5.01. The summed E-state index contributed by atoms with van der Waals surface area (Å²) < 4.78 is 5.90. The van der Waals surface area contributed by atoms with Gasteiger partial charge in [-0.05, 0) is 67.9 Å². The van der Waals surface area contributed by atoms with Crippen LogP contribution in [0.5, 0.6) is 5.75 Å². The largest absolute Gasteiger partial charge is 0.481 e. The molecule has 0 radical (unpaired) electrons. The van der Waals surface area contributed by atoms with Crippen molar-refractivity contribution in [2.45, 2.75) is 58.6 Å². The van der Waals surface area contributed by atoms with Crippen molar-refractivity contribution in [1.29, 1.82) is 0 Å². The molecule has 25 heavy (non-hydrogen) atoms. The molecule has 1 N–H and O–H groups in total. The highest BCUT2D eigenvalue weighted by atomic mass is 16.5. The van der Waals surface area contributed by atoms with Crippen LogP contribution < -0.4 is 10.1 Å². The highest BCUT2D eigenvalue weighted by Crippen LogP contribution is 2.25. The van der Waals surface area contributed by atoms with Gasteiger partial charge in [0.15, 0.2) is 6.10 Å². The molecular formula is C22H27NO2. The van der Waals surface area contributed by atoms with Gasteiger partial charge in [-0.2, -0.15) is 0 Å². The molecular weight excluding hydrogens is 310 g/mol. The average Bonchev–Trinajstić information content (AvgIpc) is 3.09. The van der Waals surface area contributed by atoms with Crippen LogP contribution in [-0.2, 0) is 24.1 Å². The molecule has 3 heteroatoms. The van der Waals surface area contributed by atoms with Crippen molar-refractivity contribution in [2.24, 2.45) is 0 Å². The first-order chi connectivity index (χ1) is 12.1. The monoisotopic (exact) mass is 337 g/mol. The van der Waals surface area contributed by atoms with Gasteiger partial charge >= 0.3 is 0 Å². The molecule has 1 aliphatic carbocycles. The van der Waals surface area contributed by atoms with Crippen LogP contribution >= 0.6 is 0 Å². The number of carbonyl (C=O) groups is 1. The summed E-state index contributed by atoms with van der Waals surface area (Å²) in [6.45, 7) is 5.92. The van der Waals surface area contributed by atoms with E-state index in [1.54, 1.807) is 6.92 Å². The van der Waals surface area contributed by atoms with E-state index in [2.05, 4.69) is 30.4 Å². The van der Waals surface area contributed by atoms with Crippen LogP contribution in [0, 0.1) is 0 Å². The van der Waals surface area contributed by atoms with Gasteiger partial charge in [0, 0.05) is 0 Å². The summed E-state index contributed by atoms with van der Waals surface area (Å²) in [4.78, 5) is 12.5. The third-order valence-corrected chi connectivity index (χ3v) is 5.01. The van der Waals surface area contributed by atoms with Crippen LogP contribution in [0.3, 0.4) is 0 Å². The molecule has 2 aromatic carbocycles. The van der Waals surface area contributed by atoms with Crippen molar-refractivity contribution in [1.82, 2.24) is 5.32 Å². The van der Waals surface area contributed by atoms with Crippen molar-refractivity contribution in [3.63, 3.8) is 0 Å². The van der Waals surface area contributed by atoms with E-state index < -0.39 is 6.10 Å². The van der Waals surface area contributed by atoms with Crippen LogP contribution in [0.1, 0.15) is 55.5 Å². The van der Waals surface area contributed by atoms with Crippen molar-refractivity contribution in [3.05, 3.63) is 64.7 Å². The highest BCUT2D eigenvalue weighted by molar-refractivity contribution is 5.81. The molecule has 1 amide bonds.